The van der Waals surface area contributed by atoms with Gasteiger partial charge in [0.05, 0.1) is 0 Å². The lowest BCUT2D eigenvalue weighted by molar-refractivity contribution is -0.140. The van der Waals surface area contributed by atoms with Crippen LogP contribution in [-0.2, 0) is 46.9 Å². The summed E-state index contributed by atoms with van der Waals surface area (Å²) in [6.45, 7) is 19.3. The number of aromatic nitrogens is 2. The normalized spacial score (nSPS) is 12.6. The number of imide groups is 2. The maximum atomic E-state index is 13.5. The summed E-state index contributed by atoms with van der Waals surface area (Å²) >= 11 is 0. The zero-order chi connectivity index (χ0) is 42.9. The number of amides is 4. The van der Waals surface area contributed by atoms with Crippen molar-refractivity contribution in [3.8, 4) is 5.88 Å². The Bertz CT molecular complexity index is 1450. The Morgan fingerprint density at radius 2 is 1.22 bits per heavy atom. The standard InChI is InChI=1S/C32H49N4O14P2.HOP/c1-20(38)44-17-21(14-15-52(43)51-46-19-37)18-45-23-16-22(35(25(39)47-29(2,3)4)26(40)48-30(5,6)7)33-24(34-23)36(27(41)49-31(8,9)10)28(42)50-32(11,12)13;1-2/h14,16,19,51H,15,17-18H2,1-13H3;2H/q+1;/i;2D. The number of hydrogen-bond donors (Lipinski definition) is 0. The lowest BCUT2D eigenvalue weighted by Crippen LogP contribution is -2.46. The molecule has 0 fully saturated rings. The zero-order valence-corrected chi connectivity index (χ0v) is 35.4. The summed E-state index contributed by atoms with van der Waals surface area (Å²) in [6.07, 6.45) is -3.68. The van der Waals surface area contributed by atoms with Crippen molar-refractivity contribution in [1.82, 2.24) is 9.97 Å². The number of anilines is 2. The van der Waals surface area contributed by atoms with Gasteiger partial charge in [-0.1, -0.05) is 4.57 Å². The zero-order valence-electron chi connectivity index (χ0n) is 33.7. The van der Waals surface area contributed by atoms with Gasteiger partial charge in [0.1, 0.15) is 46.0 Å². The molecule has 302 valence electrons. The second-order valence-electron chi connectivity index (χ2n) is 14.8. The van der Waals surface area contributed by atoms with Gasteiger partial charge in [0, 0.05) is 18.6 Å². The lowest BCUT2D eigenvalue weighted by atomic mass is 10.2. The fourth-order valence-corrected chi connectivity index (χ4v) is 4.91. The van der Waals surface area contributed by atoms with Crippen LogP contribution >= 0.6 is 25.1 Å². The van der Waals surface area contributed by atoms with Crippen molar-refractivity contribution in [2.45, 2.75) is 112 Å². The predicted molar refractivity (Wildman–Crippen MR) is 199 cm³/mol. The van der Waals surface area contributed by atoms with Crippen LogP contribution in [0.15, 0.2) is 17.7 Å². The summed E-state index contributed by atoms with van der Waals surface area (Å²) in [5.41, 5.74) is -4.20. The van der Waals surface area contributed by atoms with E-state index in [0.717, 1.165) is 6.07 Å². The first kappa shape index (κ1) is 47.7. The second-order valence-corrected chi connectivity index (χ2v) is 18.3. The van der Waals surface area contributed by atoms with Crippen LogP contribution in [0.4, 0.5) is 30.9 Å². The Balaban J connectivity index is 0.00000938. The van der Waals surface area contributed by atoms with Crippen molar-refractivity contribution >= 4 is 73.6 Å². The van der Waals surface area contributed by atoms with Gasteiger partial charge in [-0.3, -0.25) is 14.2 Å². The fraction of sp³-hybridized carbons (Fsp3) is 0.625. The maximum absolute atomic E-state index is 13.5. The van der Waals surface area contributed by atoms with E-state index in [1.807, 2.05) is 0 Å². The third-order valence-corrected chi connectivity index (χ3v) is 7.42. The summed E-state index contributed by atoms with van der Waals surface area (Å²) in [5.74, 6) is -2.35. The maximum Gasteiger partial charge on any atom is 0.427 e. The number of carbonyl (C=O) groups is 6. The van der Waals surface area contributed by atoms with Crippen molar-refractivity contribution in [1.29, 1.82) is 1.28 Å². The average Bonchev–Trinajstić information content (AvgIpc) is 2.96. The predicted octanol–water partition coefficient (Wildman–Crippen LogP) is 7.68. The Labute approximate surface area is 320 Å². The quantitative estimate of drug-likeness (QED) is 0.0646. The largest absolute Gasteiger partial charge is 0.473 e. The van der Waals surface area contributed by atoms with E-state index in [9.17, 15) is 33.3 Å². The van der Waals surface area contributed by atoms with Crippen LogP contribution in [0.5, 0.6) is 5.88 Å². The van der Waals surface area contributed by atoms with Crippen LogP contribution in [0.3, 0.4) is 0 Å². The Hall–Kier alpha value is -4.33. The van der Waals surface area contributed by atoms with Gasteiger partial charge in [-0.2, -0.15) is 14.9 Å². The van der Waals surface area contributed by atoms with E-state index in [2.05, 4.69) is 14.5 Å². The van der Waals surface area contributed by atoms with Gasteiger partial charge in [0.25, 0.3) is 6.47 Å². The summed E-state index contributed by atoms with van der Waals surface area (Å²) in [7, 11) is -3.21. The van der Waals surface area contributed by atoms with Crippen LogP contribution in [0.1, 0.15) is 90.0 Å². The highest BCUT2D eigenvalue weighted by Gasteiger charge is 2.39. The van der Waals surface area contributed by atoms with Crippen molar-refractivity contribution in [2.24, 2.45) is 0 Å². The third kappa shape index (κ3) is 20.8. The van der Waals surface area contributed by atoms with E-state index in [4.69, 9.17) is 34.3 Å². The van der Waals surface area contributed by atoms with Gasteiger partial charge < -0.3 is 32.9 Å². The Kier molecular flexibility index (Phi) is 19.0. The molecule has 0 bridgehead atoms. The Morgan fingerprint density at radius 1 is 0.796 bits per heavy atom. The molecule has 54 heavy (non-hydrogen) atoms. The lowest BCUT2D eigenvalue weighted by Gasteiger charge is -2.29. The van der Waals surface area contributed by atoms with Crippen LogP contribution in [0.25, 0.3) is 0 Å². The summed E-state index contributed by atoms with van der Waals surface area (Å²) < 4.78 is 63.8. The summed E-state index contributed by atoms with van der Waals surface area (Å²) in [6, 6.07) is 1.03. The molecule has 0 aliphatic heterocycles. The van der Waals surface area contributed by atoms with Crippen molar-refractivity contribution < 1.29 is 70.8 Å². The van der Waals surface area contributed by atoms with Gasteiger partial charge >= 0.3 is 46.3 Å². The molecule has 1 heterocycles. The molecule has 0 aliphatic rings. The first-order valence-corrected chi connectivity index (χ1v) is 19.5. The van der Waals surface area contributed by atoms with Crippen LogP contribution in [0.2, 0.25) is 0 Å². The molecule has 0 N–H and O–H groups in total. The molecule has 19 nitrogen and oxygen atoms in total. The second kappa shape index (κ2) is 21.5. The first-order valence-electron chi connectivity index (χ1n) is 16.4. The van der Waals surface area contributed by atoms with E-state index in [1.54, 1.807) is 83.1 Å². The number of ether oxygens (including phenoxy) is 6. The average molecular weight is 825 g/mol. The van der Waals surface area contributed by atoms with Gasteiger partial charge in [-0.05, 0) is 89.2 Å². The number of hydrogen-bond acceptors (Lipinski definition) is 17. The molecule has 2 atom stereocenters. The van der Waals surface area contributed by atoms with Crippen molar-refractivity contribution in [3.63, 3.8) is 0 Å². The molecule has 4 amide bonds. The summed E-state index contributed by atoms with van der Waals surface area (Å²) in [5, 5.41) is 0. The molecule has 1 aromatic rings. The molecule has 0 radical (unpaired) electrons. The molecule has 0 aliphatic carbocycles. The molecule has 0 saturated carbocycles. The van der Waals surface area contributed by atoms with Crippen LogP contribution in [-0.4, -0.2) is 89.8 Å². The molecule has 0 saturated heterocycles. The van der Waals surface area contributed by atoms with E-state index >= 15 is 0 Å². The molecular weight excluding hydrogens is 773 g/mol. The molecule has 2 unspecified atom stereocenters. The van der Waals surface area contributed by atoms with E-state index < -0.39 is 102 Å². The van der Waals surface area contributed by atoms with E-state index in [-0.39, 0.29) is 24.8 Å². The van der Waals surface area contributed by atoms with E-state index in [0.29, 0.717) is 9.80 Å². The molecule has 0 aromatic carbocycles. The van der Waals surface area contributed by atoms with Crippen LogP contribution < -0.4 is 14.5 Å². The van der Waals surface area contributed by atoms with E-state index in [1.165, 1.54) is 13.0 Å². The topological polar surface area (TPSA) is 233 Å². The smallest absolute Gasteiger partial charge is 0.427 e. The highest BCUT2D eigenvalue weighted by Crippen LogP contribution is 2.44. The van der Waals surface area contributed by atoms with Gasteiger partial charge in [-0.25, -0.2) is 19.2 Å². The highest BCUT2D eigenvalue weighted by atomic mass is 32.0. The summed E-state index contributed by atoms with van der Waals surface area (Å²) in [4.78, 5) is 85.4. The Morgan fingerprint density at radius 3 is 1.61 bits per heavy atom. The van der Waals surface area contributed by atoms with Crippen LogP contribution in [0, 0.1) is 0 Å². The SMILES string of the molecule is CC(=O)OCC(=CC[P+](=O)POC=O)COc1cc(N(C(=O)OC(C)(C)C)C(=O)OC(C)(C)C)nc(N(C(=O)OC(C)(C)C)C(=O)OC(C)(C)C)n1.[2H]P=O. The van der Waals surface area contributed by atoms with Crippen molar-refractivity contribution in [3.05, 3.63) is 17.7 Å². The monoisotopic (exact) mass is 824 g/mol. The molecular formula is C32H50N4O15P3+. The minimum Gasteiger partial charge on any atom is -0.473 e. The first-order chi connectivity index (χ1) is 25.0. The molecule has 22 heteroatoms. The van der Waals surface area contributed by atoms with Crippen molar-refractivity contribution in [2.75, 3.05) is 29.2 Å². The number of allylic oxidation sites excluding steroid dienone is 1. The minimum atomic E-state index is -2.01. The minimum absolute atomic E-state index is 0.0853. The van der Waals surface area contributed by atoms with Gasteiger partial charge in [0.15, 0.2) is 12.0 Å². The highest BCUT2D eigenvalue weighted by molar-refractivity contribution is 8.13. The third-order valence-electron chi connectivity index (χ3n) is 5.03. The number of carbonyl (C=O) groups excluding carboxylic acids is 6. The number of esters is 1. The van der Waals surface area contributed by atoms with Gasteiger partial charge in [-0.15, -0.1) is 4.90 Å². The number of nitrogens with zero attached hydrogens (tertiary/aromatic N) is 4. The molecule has 1 rings (SSSR count). The fourth-order valence-electron chi connectivity index (χ4n) is 3.27. The van der Waals surface area contributed by atoms with Gasteiger partial charge in [0.2, 0.25) is 11.8 Å². The molecule has 1 aromatic heterocycles. The number of rotatable bonds is 12. The molecule has 0 spiro atoms.